The zero-order valence-corrected chi connectivity index (χ0v) is 13.0. The van der Waals surface area contributed by atoms with Crippen molar-refractivity contribution >= 4 is 17.4 Å². The number of hydrogen-bond donors (Lipinski definition) is 2. The van der Waals surface area contributed by atoms with E-state index < -0.39 is 0 Å². The average Bonchev–Trinajstić information content (AvgIpc) is 2.44. The summed E-state index contributed by atoms with van der Waals surface area (Å²) < 4.78 is 0. The third-order valence-electron chi connectivity index (χ3n) is 3.79. The Morgan fingerprint density at radius 1 is 1.50 bits per heavy atom. The summed E-state index contributed by atoms with van der Waals surface area (Å²) >= 11 is 6.25. The van der Waals surface area contributed by atoms with Gasteiger partial charge in [0.25, 0.3) is 0 Å². The van der Waals surface area contributed by atoms with Crippen LogP contribution in [0, 0.1) is 5.92 Å². The molecule has 1 fully saturated rings. The minimum atomic E-state index is -0.174. The number of likely N-dealkylation sites (tertiary alicyclic amines) is 1. The first-order chi connectivity index (χ1) is 9.60. The number of aliphatic hydroxyl groups is 1. The number of nitrogens with one attached hydrogen (secondary N) is 1. The van der Waals surface area contributed by atoms with Crippen LogP contribution in [0.5, 0.6) is 0 Å². The summed E-state index contributed by atoms with van der Waals surface area (Å²) in [4.78, 5) is 6.92. The largest absolute Gasteiger partial charge is 0.393 e. The van der Waals surface area contributed by atoms with Gasteiger partial charge in [0.1, 0.15) is 5.82 Å². The molecule has 20 heavy (non-hydrogen) atoms. The lowest BCUT2D eigenvalue weighted by Crippen LogP contribution is -2.41. The fraction of sp³-hybridized carbons (Fsp3) is 0.667. The van der Waals surface area contributed by atoms with Crippen LogP contribution in [-0.4, -0.2) is 40.7 Å². The number of nitrogens with zero attached hydrogens (tertiary/aromatic N) is 2. The van der Waals surface area contributed by atoms with Gasteiger partial charge in [-0.05, 0) is 30.9 Å². The molecule has 1 saturated heterocycles. The van der Waals surface area contributed by atoms with Gasteiger partial charge in [-0.15, -0.1) is 0 Å². The summed E-state index contributed by atoms with van der Waals surface area (Å²) in [5.41, 5.74) is 0.913. The molecule has 0 aromatic carbocycles. The Morgan fingerprint density at radius 3 is 3.00 bits per heavy atom. The first-order valence-electron chi connectivity index (χ1n) is 7.40. The summed E-state index contributed by atoms with van der Waals surface area (Å²) in [5, 5.41) is 13.8. The van der Waals surface area contributed by atoms with Crippen molar-refractivity contribution in [2.24, 2.45) is 5.92 Å². The first kappa shape index (κ1) is 15.5. The fourth-order valence-corrected chi connectivity index (χ4v) is 2.69. The number of anilines is 1. The maximum atomic E-state index is 9.78. The maximum Gasteiger partial charge on any atom is 0.126 e. The quantitative estimate of drug-likeness (QED) is 0.877. The van der Waals surface area contributed by atoms with E-state index in [1.165, 1.54) is 0 Å². The third kappa shape index (κ3) is 4.08. The zero-order chi connectivity index (χ0) is 14.5. The van der Waals surface area contributed by atoms with Crippen molar-refractivity contribution in [3.63, 3.8) is 0 Å². The van der Waals surface area contributed by atoms with Gasteiger partial charge in [0, 0.05) is 26.2 Å². The van der Waals surface area contributed by atoms with Crippen molar-refractivity contribution in [2.45, 2.75) is 39.3 Å². The SMILES string of the molecule is CCCNc1ccc(Cl)c(CN2CCC(O)C(C)C2)n1. The number of pyridine rings is 1. The van der Waals surface area contributed by atoms with Crippen LogP contribution >= 0.6 is 11.6 Å². The topological polar surface area (TPSA) is 48.4 Å². The molecular weight excluding hydrogens is 274 g/mol. The zero-order valence-electron chi connectivity index (χ0n) is 12.3. The van der Waals surface area contributed by atoms with Crippen LogP contribution in [-0.2, 0) is 6.54 Å². The molecule has 1 aliphatic heterocycles. The van der Waals surface area contributed by atoms with Crippen LogP contribution in [0.3, 0.4) is 0 Å². The molecule has 5 heteroatoms. The predicted octanol–water partition coefficient (Wildman–Crippen LogP) is 2.76. The molecule has 0 radical (unpaired) electrons. The average molecular weight is 298 g/mol. The van der Waals surface area contributed by atoms with E-state index in [1.807, 2.05) is 12.1 Å². The number of piperidine rings is 1. The molecule has 0 aliphatic carbocycles. The molecular formula is C15H24ClN3O. The molecule has 2 unspecified atom stereocenters. The molecule has 112 valence electrons. The predicted molar refractivity (Wildman–Crippen MR) is 83.1 cm³/mol. The van der Waals surface area contributed by atoms with Crippen molar-refractivity contribution in [1.82, 2.24) is 9.88 Å². The first-order valence-corrected chi connectivity index (χ1v) is 7.77. The molecule has 1 aromatic heterocycles. The van der Waals surface area contributed by atoms with Crippen molar-refractivity contribution in [3.8, 4) is 0 Å². The maximum absolute atomic E-state index is 9.78. The van der Waals surface area contributed by atoms with Gasteiger partial charge in [0.05, 0.1) is 16.8 Å². The van der Waals surface area contributed by atoms with E-state index >= 15 is 0 Å². The summed E-state index contributed by atoms with van der Waals surface area (Å²) in [5.74, 6) is 1.19. The van der Waals surface area contributed by atoms with Gasteiger partial charge in [-0.1, -0.05) is 25.4 Å². The molecule has 1 aromatic rings. The summed E-state index contributed by atoms with van der Waals surface area (Å²) in [6, 6.07) is 3.83. The van der Waals surface area contributed by atoms with Crippen LogP contribution in [0.2, 0.25) is 5.02 Å². The molecule has 0 amide bonds. The van der Waals surface area contributed by atoms with Crippen LogP contribution in [0.4, 0.5) is 5.82 Å². The Hall–Kier alpha value is -0.840. The van der Waals surface area contributed by atoms with Gasteiger partial charge in [-0.2, -0.15) is 0 Å². The standard InChI is InChI=1S/C15H24ClN3O/c1-3-7-17-15-5-4-12(16)13(18-15)10-19-8-6-14(20)11(2)9-19/h4-5,11,14,20H,3,6-10H2,1-2H3,(H,17,18). The lowest BCUT2D eigenvalue weighted by molar-refractivity contribution is 0.0316. The van der Waals surface area contributed by atoms with Gasteiger partial charge in [-0.3, -0.25) is 4.90 Å². The van der Waals surface area contributed by atoms with Gasteiger partial charge in [-0.25, -0.2) is 4.98 Å². The van der Waals surface area contributed by atoms with E-state index in [-0.39, 0.29) is 6.10 Å². The van der Waals surface area contributed by atoms with E-state index in [1.54, 1.807) is 0 Å². The molecule has 0 bridgehead atoms. The highest BCUT2D eigenvalue weighted by atomic mass is 35.5. The minimum absolute atomic E-state index is 0.174. The van der Waals surface area contributed by atoms with Crippen LogP contribution in [0.15, 0.2) is 12.1 Å². The minimum Gasteiger partial charge on any atom is -0.393 e. The molecule has 2 N–H and O–H groups in total. The number of rotatable bonds is 5. The van der Waals surface area contributed by atoms with E-state index in [2.05, 4.69) is 29.0 Å². The molecule has 2 atom stereocenters. The summed E-state index contributed by atoms with van der Waals surface area (Å²) in [6.07, 6.45) is 1.72. The second-order valence-electron chi connectivity index (χ2n) is 5.62. The second-order valence-corrected chi connectivity index (χ2v) is 6.03. The van der Waals surface area contributed by atoms with Crippen LogP contribution < -0.4 is 5.32 Å². The van der Waals surface area contributed by atoms with E-state index in [4.69, 9.17) is 11.6 Å². The highest BCUT2D eigenvalue weighted by Gasteiger charge is 2.24. The summed E-state index contributed by atoms with van der Waals surface area (Å²) in [6.45, 7) is 7.68. The lowest BCUT2D eigenvalue weighted by atomic mass is 9.97. The molecule has 2 heterocycles. The van der Waals surface area contributed by atoms with Crippen LogP contribution in [0.1, 0.15) is 32.4 Å². The van der Waals surface area contributed by atoms with Gasteiger partial charge >= 0.3 is 0 Å². The van der Waals surface area contributed by atoms with Gasteiger partial charge in [0.15, 0.2) is 0 Å². The van der Waals surface area contributed by atoms with Gasteiger partial charge < -0.3 is 10.4 Å². The molecule has 0 spiro atoms. The Kier molecular flexibility index (Phi) is 5.64. The highest BCUT2D eigenvalue weighted by Crippen LogP contribution is 2.22. The molecule has 2 rings (SSSR count). The van der Waals surface area contributed by atoms with Crippen LogP contribution in [0.25, 0.3) is 0 Å². The third-order valence-corrected chi connectivity index (χ3v) is 4.14. The number of hydrogen-bond acceptors (Lipinski definition) is 4. The van der Waals surface area contributed by atoms with Crippen molar-refractivity contribution in [3.05, 3.63) is 22.8 Å². The van der Waals surface area contributed by atoms with E-state index in [0.29, 0.717) is 10.9 Å². The van der Waals surface area contributed by atoms with Crippen molar-refractivity contribution < 1.29 is 5.11 Å². The Morgan fingerprint density at radius 2 is 2.30 bits per heavy atom. The monoisotopic (exact) mass is 297 g/mol. The Bertz CT molecular complexity index is 441. The Balaban J connectivity index is 2.01. The van der Waals surface area contributed by atoms with Gasteiger partial charge in [0.2, 0.25) is 0 Å². The number of aliphatic hydroxyl groups excluding tert-OH is 1. The lowest BCUT2D eigenvalue weighted by Gasteiger charge is -2.34. The van der Waals surface area contributed by atoms with E-state index in [9.17, 15) is 5.11 Å². The molecule has 1 aliphatic rings. The summed E-state index contributed by atoms with van der Waals surface area (Å²) in [7, 11) is 0. The normalized spacial score (nSPS) is 23.8. The molecule has 0 saturated carbocycles. The van der Waals surface area contributed by atoms with Crippen molar-refractivity contribution in [2.75, 3.05) is 25.0 Å². The van der Waals surface area contributed by atoms with Crippen molar-refractivity contribution in [1.29, 1.82) is 0 Å². The smallest absolute Gasteiger partial charge is 0.126 e. The second kappa shape index (κ2) is 7.25. The molecule has 4 nitrogen and oxygen atoms in total. The number of aromatic nitrogens is 1. The number of halogens is 1. The fourth-order valence-electron chi connectivity index (χ4n) is 2.52. The highest BCUT2D eigenvalue weighted by molar-refractivity contribution is 6.31. The Labute approximate surface area is 126 Å². The van der Waals surface area contributed by atoms with E-state index in [0.717, 1.165) is 50.5 Å².